The van der Waals surface area contributed by atoms with Gasteiger partial charge in [0.15, 0.2) is 0 Å². The number of thiophene rings is 1. The van der Waals surface area contributed by atoms with Crippen molar-refractivity contribution in [1.82, 2.24) is 4.98 Å². The van der Waals surface area contributed by atoms with Gasteiger partial charge in [0, 0.05) is 22.1 Å². The van der Waals surface area contributed by atoms with E-state index in [1.165, 1.54) is 18.3 Å². The van der Waals surface area contributed by atoms with Crippen molar-refractivity contribution in [3.8, 4) is 0 Å². The van der Waals surface area contributed by atoms with Gasteiger partial charge in [0.25, 0.3) is 15.6 Å². The van der Waals surface area contributed by atoms with E-state index in [0.717, 1.165) is 16.7 Å². The van der Waals surface area contributed by atoms with Gasteiger partial charge in [-0.25, -0.2) is 8.42 Å². The standard InChI is InChI=1S/C15H14N2O4S2/c1-9(18)13-4-5-14(22-13)23(20,21)17-11-3-2-10-6-7-16-15(19)12(10)8-11/h2-9,17-18H,1H3,(H,16,19). The number of nitrogens with one attached hydrogen (secondary N) is 2. The van der Waals surface area contributed by atoms with E-state index in [0.29, 0.717) is 16.0 Å². The second kappa shape index (κ2) is 5.80. The van der Waals surface area contributed by atoms with E-state index in [4.69, 9.17) is 0 Å². The van der Waals surface area contributed by atoms with Crippen LogP contribution in [-0.2, 0) is 10.0 Å². The fourth-order valence-electron chi connectivity index (χ4n) is 2.16. The molecule has 3 N–H and O–H groups in total. The Balaban J connectivity index is 1.96. The van der Waals surface area contributed by atoms with Gasteiger partial charge in [-0.2, -0.15) is 0 Å². The Morgan fingerprint density at radius 2 is 2.00 bits per heavy atom. The third kappa shape index (κ3) is 3.14. The summed E-state index contributed by atoms with van der Waals surface area (Å²) in [4.78, 5) is 14.9. The van der Waals surface area contributed by atoms with Gasteiger partial charge in [-0.1, -0.05) is 6.07 Å². The van der Waals surface area contributed by atoms with E-state index in [1.54, 1.807) is 31.2 Å². The first kappa shape index (κ1) is 15.7. The third-order valence-electron chi connectivity index (χ3n) is 3.31. The first-order valence-electron chi connectivity index (χ1n) is 6.79. The highest BCUT2D eigenvalue weighted by Gasteiger charge is 2.18. The van der Waals surface area contributed by atoms with Crippen LogP contribution < -0.4 is 10.3 Å². The predicted molar refractivity (Wildman–Crippen MR) is 90.3 cm³/mol. The molecule has 0 aliphatic heterocycles. The predicted octanol–water partition coefficient (Wildman–Crippen LogP) is 2.44. The molecule has 120 valence electrons. The van der Waals surface area contributed by atoms with Gasteiger partial charge in [-0.3, -0.25) is 9.52 Å². The van der Waals surface area contributed by atoms with E-state index in [9.17, 15) is 18.3 Å². The number of hydrogen-bond donors (Lipinski definition) is 3. The first-order valence-corrected chi connectivity index (χ1v) is 9.09. The SMILES string of the molecule is CC(O)c1ccc(S(=O)(=O)Nc2ccc3cc[nH]c(=O)c3c2)s1. The molecule has 0 amide bonds. The summed E-state index contributed by atoms with van der Waals surface area (Å²) in [6, 6.07) is 9.54. The van der Waals surface area contributed by atoms with Crippen LogP contribution in [0.1, 0.15) is 17.9 Å². The van der Waals surface area contributed by atoms with Crippen molar-refractivity contribution < 1.29 is 13.5 Å². The second-order valence-corrected chi connectivity index (χ2v) is 8.07. The first-order chi connectivity index (χ1) is 10.9. The Morgan fingerprint density at radius 1 is 1.22 bits per heavy atom. The van der Waals surface area contributed by atoms with Crippen LogP contribution in [0.15, 0.2) is 51.6 Å². The highest BCUT2D eigenvalue weighted by atomic mass is 32.2. The number of aromatic nitrogens is 1. The van der Waals surface area contributed by atoms with Crippen molar-refractivity contribution in [2.75, 3.05) is 4.72 Å². The number of rotatable bonds is 4. The van der Waals surface area contributed by atoms with E-state index in [2.05, 4.69) is 9.71 Å². The number of hydrogen-bond acceptors (Lipinski definition) is 5. The third-order valence-corrected chi connectivity index (χ3v) is 6.43. The summed E-state index contributed by atoms with van der Waals surface area (Å²) in [5, 5.41) is 10.6. The topological polar surface area (TPSA) is 99.3 Å². The maximum Gasteiger partial charge on any atom is 0.271 e. The molecule has 0 saturated carbocycles. The van der Waals surface area contributed by atoms with Gasteiger partial charge in [0.1, 0.15) is 4.21 Å². The summed E-state index contributed by atoms with van der Waals surface area (Å²) in [7, 11) is -3.76. The minimum Gasteiger partial charge on any atom is -0.388 e. The molecule has 1 atom stereocenters. The van der Waals surface area contributed by atoms with Crippen LogP contribution in [0.25, 0.3) is 10.8 Å². The molecule has 0 radical (unpaired) electrons. The largest absolute Gasteiger partial charge is 0.388 e. The molecule has 6 nitrogen and oxygen atoms in total. The lowest BCUT2D eigenvalue weighted by molar-refractivity contribution is 0.203. The number of aliphatic hydroxyl groups is 1. The molecular formula is C15H14N2O4S2. The highest BCUT2D eigenvalue weighted by Crippen LogP contribution is 2.28. The fourth-order valence-corrected chi connectivity index (χ4v) is 4.47. The van der Waals surface area contributed by atoms with E-state index < -0.39 is 16.1 Å². The van der Waals surface area contributed by atoms with Gasteiger partial charge in [0.2, 0.25) is 0 Å². The van der Waals surface area contributed by atoms with Crippen molar-refractivity contribution in [3.63, 3.8) is 0 Å². The lowest BCUT2D eigenvalue weighted by Crippen LogP contribution is -2.12. The number of aliphatic hydroxyl groups excluding tert-OH is 1. The number of H-pyrrole nitrogens is 1. The Hall–Kier alpha value is -2.16. The molecule has 0 aliphatic rings. The van der Waals surface area contributed by atoms with Crippen molar-refractivity contribution in [1.29, 1.82) is 0 Å². The molecule has 1 unspecified atom stereocenters. The van der Waals surface area contributed by atoms with Gasteiger partial charge >= 0.3 is 0 Å². The number of sulfonamides is 1. The summed E-state index contributed by atoms with van der Waals surface area (Å²) in [6.07, 6.45) is 0.820. The van der Waals surface area contributed by atoms with Crippen LogP contribution in [0.5, 0.6) is 0 Å². The summed E-state index contributed by atoms with van der Waals surface area (Å²) < 4.78 is 27.3. The van der Waals surface area contributed by atoms with Crippen LogP contribution in [0.4, 0.5) is 5.69 Å². The second-order valence-electron chi connectivity index (χ2n) is 5.05. The minimum atomic E-state index is -3.76. The molecule has 8 heteroatoms. The molecular weight excluding hydrogens is 336 g/mol. The number of benzene rings is 1. The number of aromatic amines is 1. The van der Waals surface area contributed by atoms with Crippen LogP contribution in [0.2, 0.25) is 0 Å². The average molecular weight is 350 g/mol. The van der Waals surface area contributed by atoms with Gasteiger partial charge in [0.05, 0.1) is 6.10 Å². The molecule has 0 spiro atoms. The summed E-state index contributed by atoms with van der Waals surface area (Å²) in [5.74, 6) is 0. The van der Waals surface area contributed by atoms with Crippen LogP contribution in [-0.4, -0.2) is 18.5 Å². The van der Waals surface area contributed by atoms with Gasteiger partial charge in [-0.15, -0.1) is 11.3 Å². The zero-order valence-corrected chi connectivity index (χ0v) is 13.7. The highest BCUT2D eigenvalue weighted by molar-refractivity contribution is 7.94. The molecule has 2 aromatic heterocycles. The number of anilines is 1. The molecule has 3 rings (SSSR count). The quantitative estimate of drug-likeness (QED) is 0.673. The van der Waals surface area contributed by atoms with E-state index in [-0.39, 0.29) is 9.77 Å². The zero-order valence-electron chi connectivity index (χ0n) is 12.1. The van der Waals surface area contributed by atoms with Crippen molar-refractivity contribution in [2.24, 2.45) is 0 Å². The molecule has 0 aliphatic carbocycles. The van der Waals surface area contributed by atoms with Crippen LogP contribution in [0, 0.1) is 0 Å². The molecule has 1 aromatic carbocycles. The fraction of sp³-hybridized carbons (Fsp3) is 0.133. The monoisotopic (exact) mass is 350 g/mol. The Labute approximate surface area is 136 Å². The van der Waals surface area contributed by atoms with Crippen molar-refractivity contribution in [3.05, 3.63) is 57.8 Å². The Bertz CT molecular complexity index is 1020. The molecule has 0 bridgehead atoms. The van der Waals surface area contributed by atoms with E-state index in [1.807, 2.05) is 0 Å². The van der Waals surface area contributed by atoms with Crippen molar-refractivity contribution in [2.45, 2.75) is 17.2 Å². The van der Waals surface area contributed by atoms with Crippen LogP contribution in [0.3, 0.4) is 0 Å². The molecule has 0 saturated heterocycles. The molecule has 23 heavy (non-hydrogen) atoms. The summed E-state index contributed by atoms with van der Waals surface area (Å²) in [6.45, 7) is 1.57. The van der Waals surface area contributed by atoms with Gasteiger partial charge in [-0.05, 0) is 42.6 Å². The smallest absolute Gasteiger partial charge is 0.271 e. The van der Waals surface area contributed by atoms with Crippen LogP contribution >= 0.6 is 11.3 Å². The van der Waals surface area contributed by atoms with Crippen molar-refractivity contribution >= 4 is 37.8 Å². The minimum absolute atomic E-state index is 0.107. The molecule has 0 fully saturated rings. The Morgan fingerprint density at radius 3 is 2.70 bits per heavy atom. The number of fused-ring (bicyclic) bond motifs is 1. The summed E-state index contributed by atoms with van der Waals surface area (Å²) in [5.41, 5.74) is 0.0252. The molecule has 3 aromatic rings. The molecule has 2 heterocycles. The normalized spacial score (nSPS) is 13.1. The lowest BCUT2D eigenvalue weighted by Gasteiger charge is -2.07. The van der Waals surface area contributed by atoms with E-state index >= 15 is 0 Å². The average Bonchev–Trinajstić information content (AvgIpc) is 2.99. The number of pyridine rings is 1. The lowest BCUT2D eigenvalue weighted by atomic mass is 10.1. The zero-order chi connectivity index (χ0) is 16.6. The van der Waals surface area contributed by atoms with Gasteiger partial charge < -0.3 is 10.1 Å². The maximum atomic E-state index is 12.4. The Kier molecular flexibility index (Phi) is 3.97. The maximum absolute atomic E-state index is 12.4. The summed E-state index contributed by atoms with van der Waals surface area (Å²) >= 11 is 1.01.